The minimum atomic E-state index is -0.326. The molecule has 5 nitrogen and oxygen atoms in total. The third-order valence-corrected chi connectivity index (χ3v) is 2.90. The number of hydrogen-bond donors (Lipinski definition) is 1. The van der Waals surface area contributed by atoms with Gasteiger partial charge in [0.25, 0.3) is 0 Å². The number of imidazole rings is 1. The Balaban J connectivity index is 1.98. The molecule has 5 heteroatoms. The van der Waals surface area contributed by atoms with Crippen molar-refractivity contribution < 1.29 is 9.53 Å². The van der Waals surface area contributed by atoms with Crippen LogP contribution in [0.25, 0.3) is 0 Å². The van der Waals surface area contributed by atoms with E-state index in [1.54, 1.807) is 18.3 Å². The smallest absolute Gasteiger partial charge is 0.337 e. The summed E-state index contributed by atoms with van der Waals surface area (Å²) in [6, 6.07) is 7.18. The second-order valence-corrected chi connectivity index (χ2v) is 4.05. The molecule has 0 unspecified atom stereocenters. The van der Waals surface area contributed by atoms with Gasteiger partial charge in [-0.1, -0.05) is 0 Å². The molecule has 0 radical (unpaired) electrons. The minimum Gasteiger partial charge on any atom is -0.465 e. The Bertz CT molecular complexity index is 546. The Morgan fingerprint density at radius 1 is 1.37 bits per heavy atom. The molecule has 1 aromatic heterocycles. The van der Waals surface area contributed by atoms with E-state index in [-0.39, 0.29) is 5.97 Å². The summed E-state index contributed by atoms with van der Waals surface area (Å²) in [6.07, 6.45) is 3.75. The molecule has 0 saturated carbocycles. The SMILES string of the molecule is CCn1ccnc1CNc1ccc(C(=O)OC)cc1. The first-order valence-corrected chi connectivity index (χ1v) is 6.17. The van der Waals surface area contributed by atoms with E-state index in [0.717, 1.165) is 18.1 Å². The molecule has 2 aromatic rings. The van der Waals surface area contributed by atoms with Crippen LogP contribution in [0, 0.1) is 0 Å². The minimum absolute atomic E-state index is 0.326. The van der Waals surface area contributed by atoms with E-state index in [9.17, 15) is 4.79 Å². The summed E-state index contributed by atoms with van der Waals surface area (Å²) in [7, 11) is 1.37. The van der Waals surface area contributed by atoms with Gasteiger partial charge in [-0.05, 0) is 31.2 Å². The number of esters is 1. The normalized spacial score (nSPS) is 10.2. The van der Waals surface area contributed by atoms with E-state index in [0.29, 0.717) is 12.1 Å². The number of hydrogen-bond acceptors (Lipinski definition) is 4. The molecular weight excluding hydrogens is 242 g/mol. The number of aryl methyl sites for hydroxylation is 1. The van der Waals surface area contributed by atoms with Crippen molar-refractivity contribution in [2.24, 2.45) is 0 Å². The molecule has 1 aromatic carbocycles. The second kappa shape index (κ2) is 6.04. The summed E-state index contributed by atoms with van der Waals surface area (Å²) < 4.78 is 6.73. The summed E-state index contributed by atoms with van der Waals surface area (Å²) in [4.78, 5) is 15.6. The van der Waals surface area contributed by atoms with E-state index in [4.69, 9.17) is 0 Å². The summed E-state index contributed by atoms with van der Waals surface area (Å²) in [5, 5.41) is 3.27. The van der Waals surface area contributed by atoms with Crippen LogP contribution in [0.3, 0.4) is 0 Å². The number of ether oxygens (including phenoxy) is 1. The maximum absolute atomic E-state index is 11.3. The number of benzene rings is 1. The van der Waals surface area contributed by atoms with Crippen LogP contribution < -0.4 is 5.32 Å². The van der Waals surface area contributed by atoms with E-state index in [1.807, 2.05) is 18.3 Å². The Labute approximate surface area is 112 Å². The Kier molecular flexibility index (Phi) is 4.18. The largest absolute Gasteiger partial charge is 0.465 e. The van der Waals surface area contributed by atoms with Crippen LogP contribution in [0.1, 0.15) is 23.1 Å². The molecule has 0 fully saturated rings. The highest BCUT2D eigenvalue weighted by molar-refractivity contribution is 5.89. The zero-order chi connectivity index (χ0) is 13.7. The molecule has 0 spiro atoms. The van der Waals surface area contributed by atoms with Gasteiger partial charge >= 0.3 is 5.97 Å². The molecule has 1 heterocycles. The Hall–Kier alpha value is -2.30. The molecule has 0 saturated heterocycles. The lowest BCUT2D eigenvalue weighted by atomic mass is 10.2. The molecule has 0 aliphatic carbocycles. The van der Waals surface area contributed by atoms with Crippen molar-refractivity contribution in [2.45, 2.75) is 20.0 Å². The van der Waals surface area contributed by atoms with Crippen LogP contribution >= 0.6 is 0 Å². The standard InChI is InChI=1S/C14H17N3O2/c1-3-17-9-8-15-13(17)10-16-12-6-4-11(5-7-12)14(18)19-2/h4-9,16H,3,10H2,1-2H3. The van der Waals surface area contributed by atoms with Gasteiger partial charge < -0.3 is 14.6 Å². The third kappa shape index (κ3) is 3.13. The molecule has 0 amide bonds. The molecule has 0 aliphatic rings. The number of carbonyl (C=O) groups excluding carboxylic acids is 1. The number of nitrogens with one attached hydrogen (secondary N) is 1. The van der Waals surface area contributed by atoms with Crippen LogP contribution in [-0.4, -0.2) is 22.6 Å². The quantitative estimate of drug-likeness (QED) is 0.837. The maximum atomic E-state index is 11.3. The van der Waals surface area contributed by atoms with Crippen LogP contribution in [-0.2, 0) is 17.8 Å². The fourth-order valence-electron chi connectivity index (χ4n) is 1.82. The number of rotatable bonds is 5. The topological polar surface area (TPSA) is 56.2 Å². The summed E-state index contributed by atoms with van der Waals surface area (Å²) >= 11 is 0. The molecular formula is C14H17N3O2. The van der Waals surface area contributed by atoms with Gasteiger partial charge in [0.05, 0.1) is 19.2 Å². The van der Waals surface area contributed by atoms with Gasteiger partial charge in [0, 0.05) is 24.6 Å². The van der Waals surface area contributed by atoms with Gasteiger partial charge in [0.15, 0.2) is 0 Å². The van der Waals surface area contributed by atoms with Crippen molar-refractivity contribution in [1.29, 1.82) is 0 Å². The Morgan fingerprint density at radius 3 is 2.74 bits per heavy atom. The highest BCUT2D eigenvalue weighted by Gasteiger charge is 2.05. The van der Waals surface area contributed by atoms with Crippen LogP contribution in [0.15, 0.2) is 36.7 Å². The van der Waals surface area contributed by atoms with Crippen LogP contribution in [0.5, 0.6) is 0 Å². The number of aromatic nitrogens is 2. The molecule has 2 rings (SSSR count). The monoisotopic (exact) mass is 259 g/mol. The van der Waals surface area contributed by atoms with Crippen molar-refractivity contribution in [3.63, 3.8) is 0 Å². The first-order chi connectivity index (χ1) is 9.24. The van der Waals surface area contributed by atoms with Crippen molar-refractivity contribution >= 4 is 11.7 Å². The fraction of sp³-hybridized carbons (Fsp3) is 0.286. The van der Waals surface area contributed by atoms with Gasteiger partial charge in [-0.15, -0.1) is 0 Å². The lowest BCUT2D eigenvalue weighted by molar-refractivity contribution is 0.0601. The molecule has 0 atom stereocenters. The molecule has 100 valence electrons. The lowest BCUT2D eigenvalue weighted by Gasteiger charge is -2.08. The number of carbonyl (C=O) groups is 1. The molecule has 1 N–H and O–H groups in total. The average Bonchev–Trinajstić information content (AvgIpc) is 2.92. The van der Waals surface area contributed by atoms with Crippen LogP contribution in [0.2, 0.25) is 0 Å². The van der Waals surface area contributed by atoms with E-state index >= 15 is 0 Å². The summed E-state index contributed by atoms with van der Waals surface area (Å²) in [6.45, 7) is 3.63. The number of anilines is 1. The zero-order valence-electron chi connectivity index (χ0n) is 11.1. The number of nitrogens with zero attached hydrogens (tertiary/aromatic N) is 2. The van der Waals surface area contributed by atoms with Gasteiger partial charge in [0.1, 0.15) is 5.82 Å². The average molecular weight is 259 g/mol. The molecule has 0 bridgehead atoms. The Morgan fingerprint density at radius 2 is 2.11 bits per heavy atom. The third-order valence-electron chi connectivity index (χ3n) is 2.90. The molecule has 19 heavy (non-hydrogen) atoms. The predicted octanol–water partition coefficient (Wildman–Crippen LogP) is 2.30. The van der Waals surface area contributed by atoms with Crippen molar-refractivity contribution in [1.82, 2.24) is 9.55 Å². The lowest BCUT2D eigenvalue weighted by Crippen LogP contribution is -2.07. The van der Waals surface area contributed by atoms with Crippen molar-refractivity contribution in [2.75, 3.05) is 12.4 Å². The molecule has 0 aliphatic heterocycles. The van der Waals surface area contributed by atoms with Gasteiger partial charge in [-0.3, -0.25) is 0 Å². The fourth-order valence-corrected chi connectivity index (χ4v) is 1.82. The van der Waals surface area contributed by atoms with Gasteiger partial charge in [-0.2, -0.15) is 0 Å². The highest BCUT2D eigenvalue weighted by atomic mass is 16.5. The summed E-state index contributed by atoms with van der Waals surface area (Å²) in [5.74, 6) is 0.660. The van der Waals surface area contributed by atoms with E-state index < -0.39 is 0 Å². The van der Waals surface area contributed by atoms with Crippen molar-refractivity contribution in [3.8, 4) is 0 Å². The van der Waals surface area contributed by atoms with Crippen molar-refractivity contribution in [3.05, 3.63) is 48.0 Å². The second-order valence-electron chi connectivity index (χ2n) is 4.05. The van der Waals surface area contributed by atoms with E-state index in [1.165, 1.54) is 7.11 Å². The predicted molar refractivity (Wildman–Crippen MR) is 73.0 cm³/mol. The first kappa shape index (κ1) is 13.1. The van der Waals surface area contributed by atoms with E-state index in [2.05, 4.69) is 26.5 Å². The maximum Gasteiger partial charge on any atom is 0.337 e. The van der Waals surface area contributed by atoms with Gasteiger partial charge in [-0.25, -0.2) is 9.78 Å². The highest BCUT2D eigenvalue weighted by Crippen LogP contribution is 2.11. The number of methoxy groups -OCH3 is 1. The first-order valence-electron chi connectivity index (χ1n) is 6.17. The summed E-state index contributed by atoms with van der Waals surface area (Å²) in [5.41, 5.74) is 1.49. The van der Waals surface area contributed by atoms with Crippen LogP contribution in [0.4, 0.5) is 5.69 Å². The van der Waals surface area contributed by atoms with Gasteiger partial charge in [0.2, 0.25) is 0 Å². The zero-order valence-corrected chi connectivity index (χ0v) is 11.1.